The predicted molar refractivity (Wildman–Crippen MR) is 83.0 cm³/mol. The number of hydrogen-bond acceptors (Lipinski definition) is 4. The van der Waals surface area contributed by atoms with E-state index in [9.17, 15) is 9.59 Å². The lowest BCUT2D eigenvalue weighted by Crippen LogP contribution is -2.50. The maximum atomic E-state index is 12.0. The minimum absolute atomic E-state index is 0.124. The molecule has 1 unspecified atom stereocenters. The normalized spacial score (nSPS) is 17.5. The molecule has 0 aliphatic carbocycles. The largest absolute Gasteiger partial charge is 0.351 e. The zero-order valence-corrected chi connectivity index (χ0v) is 13.6. The molecule has 0 bridgehead atoms. The average molecular weight is 360 g/mol. The molecule has 0 spiro atoms. The van der Waals surface area contributed by atoms with Crippen LogP contribution in [0, 0.1) is 0 Å². The van der Waals surface area contributed by atoms with Crippen molar-refractivity contribution >= 4 is 39.1 Å². The van der Waals surface area contributed by atoms with Gasteiger partial charge in [0.2, 0.25) is 5.91 Å². The molecular formula is C13H18BrN3O2S. The van der Waals surface area contributed by atoms with Crippen molar-refractivity contribution in [2.24, 2.45) is 0 Å². The molecule has 110 valence electrons. The third-order valence-electron chi connectivity index (χ3n) is 3.22. The van der Waals surface area contributed by atoms with Crippen molar-refractivity contribution in [2.45, 2.75) is 31.8 Å². The fourth-order valence-electron chi connectivity index (χ4n) is 2.06. The van der Waals surface area contributed by atoms with E-state index in [0.717, 1.165) is 29.7 Å². The smallest absolute Gasteiger partial charge is 0.262 e. The molecule has 3 N–H and O–H groups in total. The van der Waals surface area contributed by atoms with Gasteiger partial charge in [0.15, 0.2) is 0 Å². The molecule has 2 amide bonds. The standard InChI is InChI=1S/C13H18BrN3O2S/c1-8(12(18)17-9-4-6-15-7-5-9)16-13(19)10-2-3-11(14)20-10/h2-3,8-9,15H,4-7H2,1H3,(H,16,19)(H,17,18). The second-order valence-corrected chi connectivity index (χ2v) is 7.29. The summed E-state index contributed by atoms with van der Waals surface area (Å²) in [5.74, 6) is -0.338. The van der Waals surface area contributed by atoms with Gasteiger partial charge in [0.05, 0.1) is 8.66 Å². The van der Waals surface area contributed by atoms with E-state index in [1.165, 1.54) is 11.3 Å². The van der Waals surface area contributed by atoms with E-state index in [2.05, 4.69) is 31.9 Å². The van der Waals surface area contributed by atoms with E-state index in [-0.39, 0.29) is 17.9 Å². The van der Waals surface area contributed by atoms with Crippen LogP contribution in [0.3, 0.4) is 0 Å². The predicted octanol–water partition coefficient (Wildman–Crippen LogP) is 1.50. The molecule has 1 aliphatic heterocycles. The van der Waals surface area contributed by atoms with Crippen molar-refractivity contribution in [3.8, 4) is 0 Å². The zero-order valence-electron chi connectivity index (χ0n) is 11.2. The number of hydrogen-bond donors (Lipinski definition) is 3. The monoisotopic (exact) mass is 359 g/mol. The number of rotatable bonds is 4. The highest BCUT2D eigenvalue weighted by molar-refractivity contribution is 9.11. The summed E-state index contributed by atoms with van der Waals surface area (Å²) in [5.41, 5.74) is 0. The number of nitrogens with one attached hydrogen (secondary N) is 3. The Hall–Kier alpha value is -0.920. The fourth-order valence-corrected chi connectivity index (χ4v) is 3.35. The van der Waals surface area contributed by atoms with Crippen LogP contribution in [0.15, 0.2) is 15.9 Å². The summed E-state index contributed by atoms with van der Waals surface area (Å²) in [6.07, 6.45) is 1.87. The summed E-state index contributed by atoms with van der Waals surface area (Å²) in [7, 11) is 0. The van der Waals surface area contributed by atoms with Crippen LogP contribution in [0.1, 0.15) is 29.4 Å². The quantitative estimate of drug-likeness (QED) is 0.762. The van der Waals surface area contributed by atoms with Gasteiger partial charge in [-0.1, -0.05) is 0 Å². The van der Waals surface area contributed by atoms with E-state index in [4.69, 9.17) is 0 Å². The van der Waals surface area contributed by atoms with Crippen LogP contribution < -0.4 is 16.0 Å². The molecule has 2 rings (SSSR count). The first-order valence-electron chi connectivity index (χ1n) is 6.63. The van der Waals surface area contributed by atoms with Gasteiger partial charge in [-0.15, -0.1) is 11.3 Å². The molecular weight excluding hydrogens is 342 g/mol. The second kappa shape index (κ2) is 7.19. The lowest BCUT2D eigenvalue weighted by Gasteiger charge is -2.25. The third-order valence-corrected chi connectivity index (χ3v) is 4.85. The van der Waals surface area contributed by atoms with Crippen molar-refractivity contribution in [1.82, 2.24) is 16.0 Å². The van der Waals surface area contributed by atoms with Crippen LogP contribution in [0.25, 0.3) is 0 Å². The van der Waals surface area contributed by atoms with Crippen molar-refractivity contribution in [2.75, 3.05) is 13.1 Å². The molecule has 7 heteroatoms. The van der Waals surface area contributed by atoms with E-state index in [1.807, 2.05) is 6.07 Å². The Morgan fingerprint density at radius 1 is 1.40 bits per heavy atom. The number of carbonyl (C=O) groups is 2. The highest BCUT2D eigenvalue weighted by Gasteiger charge is 2.21. The molecule has 0 radical (unpaired) electrons. The summed E-state index contributed by atoms with van der Waals surface area (Å²) in [4.78, 5) is 24.6. The maximum Gasteiger partial charge on any atom is 0.262 e. The summed E-state index contributed by atoms with van der Waals surface area (Å²) in [6.45, 7) is 3.56. The first-order chi connectivity index (χ1) is 9.56. The molecule has 1 aliphatic rings. The Morgan fingerprint density at radius 2 is 2.10 bits per heavy atom. The lowest BCUT2D eigenvalue weighted by atomic mass is 10.1. The summed E-state index contributed by atoms with van der Waals surface area (Å²) < 4.78 is 0.898. The number of amides is 2. The van der Waals surface area contributed by atoms with Crippen molar-refractivity contribution in [3.63, 3.8) is 0 Å². The molecule has 1 saturated heterocycles. The highest BCUT2D eigenvalue weighted by Crippen LogP contribution is 2.21. The van der Waals surface area contributed by atoms with Crippen LogP contribution in [-0.4, -0.2) is 37.0 Å². The first kappa shape index (κ1) is 15.5. The summed E-state index contributed by atoms with van der Waals surface area (Å²) in [5, 5.41) is 8.95. The topological polar surface area (TPSA) is 70.2 Å². The van der Waals surface area contributed by atoms with Crippen LogP contribution in [0.2, 0.25) is 0 Å². The van der Waals surface area contributed by atoms with Crippen molar-refractivity contribution in [1.29, 1.82) is 0 Å². The van der Waals surface area contributed by atoms with Crippen molar-refractivity contribution < 1.29 is 9.59 Å². The van der Waals surface area contributed by atoms with Gasteiger partial charge in [-0.25, -0.2) is 0 Å². The number of carbonyl (C=O) groups excluding carboxylic acids is 2. The molecule has 0 aromatic carbocycles. The average Bonchev–Trinajstić information content (AvgIpc) is 2.86. The van der Waals surface area contributed by atoms with Crippen LogP contribution in [0.5, 0.6) is 0 Å². The Bertz CT molecular complexity index is 486. The van der Waals surface area contributed by atoms with Gasteiger partial charge >= 0.3 is 0 Å². The second-order valence-electron chi connectivity index (χ2n) is 4.83. The van der Waals surface area contributed by atoms with Gasteiger partial charge in [0.1, 0.15) is 6.04 Å². The van der Waals surface area contributed by atoms with E-state index >= 15 is 0 Å². The third kappa shape index (κ3) is 4.29. The molecule has 1 aromatic heterocycles. The zero-order chi connectivity index (χ0) is 14.5. The van der Waals surface area contributed by atoms with Gasteiger partial charge in [-0.3, -0.25) is 9.59 Å². The minimum atomic E-state index is -0.529. The Kier molecular flexibility index (Phi) is 5.56. The first-order valence-corrected chi connectivity index (χ1v) is 8.24. The van der Waals surface area contributed by atoms with E-state index in [0.29, 0.717) is 4.88 Å². The van der Waals surface area contributed by atoms with Gasteiger partial charge in [-0.05, 0) is 60.9 Å². The van der Waals surface area contributed by atoms with E-state index in [1.54, 1.807) is 13.0 Å². The summed E-state index contributed by atoms with van der Waals surface area (Å²) in [6, 6.07) is 3.23. The molecule has 1 aromatic rings. The van der Waals surface area contributed by atoms with Crippen LogP contribution >= 0.6 is 27.3 Å². The molecule has 20 heavy (non-hydrogen) atoms. The highest BCUT2D eigenvalue weighted by atomic mass is 79.9. The fraction of sp³-hybridized carbons (Fsp3) is 0.538. The molecule has 2 heterocycles. The SMILES string of the molecule is CC(NC(=O)c1ccc(Br)s1)C(=O)NC1CCNCC1. The van der Waals surface area contributed by atoms with Gasteiger partial charge in [-0.2, -0.15) is 0 Å². The van der Waals surface area contributed by atoms with E-state index < -0.39 is 6.04 Å². The maximum absolute atomic E-state index is 12.0. The summed E-state index contributed by atoms with van der Waals surface area (Å²) >= 11 is 4.66. The van der Waals surface area contributed by atoms with Crippen LogP contribution in [0.4, 0.5) is 0 Å². The lowest BCUT2D eigenvalue weighted by molar-refractivity contribution is -0.123. The molecule has 5 nitrogen and oxygen atoms in total. The van der Waals surface area contributed by atoms with Crippen LogP contribution in [-0.2, 0) is 4.79 Å². The number of thiophene rings is 1. The molecule has 1 fully saturated rings. The van der Waals surface area contributed by atoms with Gasteiger partial charge in [0, 0.05) is 6.04 Å². The number of piperidine rings is 1. The Labute approximate surface area is 130 Å². The molecule has 0 saturated carbocycles. The molecule has 1 atom stereocenters. The number of halogens is 1. The van der Waals surface area contributed by atoms with Gasteiger partial charge in [0.25, 0.3) is 5.91 Å². The Morgan fingerprint density at radius 3 is 2.70 bits per heavy atom. The van der Waals surface area contributed by atoms with Crippen molar-refractivity contribution in [3.05, 3.63) is 20.8 Å². The van der Waals surface area contributed by atoms with Gasteiger partial charge < -0.3 is 16.0 Å². The Balaban J connectivity index is 1.82. The minimum Gasteiger partial charge on any atom is -0.351 e.